The van der Waals surface area contributed by atoms with Gasteiger partial charge in [-0.1, -0.05) is 18.2 Å². The highest BCUT2D eigenvalue weighted by atomic mass is 16.5. The Hall–Kier alpha value is -3.71. The number of nitrogens with one attached hydrogen (secondary N) is 1. The van der Waals surface area contributed by atoms with Crippen LogP contribution in [0.3, 0.4) is 0 Å². The van der Waals surface area contributed by atoms with E-state index in [-0.39, 0.29) is 0 Å². The molecule has 0 radical (unpaired) electrons. The molecule has 4 heterocycles. The normalized spacial score (nSPS) is 14.5. The van der Waals surface area contributed by atoms with Crippen molar-refractivity contribution in [1.82, 2.24) is 24.7 Å². The van der Waals surface area contributed by atoms with Crippen molar-refractivity contribution in [3.8, 4) is 22.6 Å². The summed E-state index contributed by atoms with van der Waals surface area (Å²) < 4.78 is 7.48. The van der Waals surface area contributed by atoms with Crippen LogP contribution in [0.5, 0.6) is 0 Å². The average molecular weight is 410 g/mol. The van der Waals surface area contributed by atoms with Gasteiger partial charge in [-0.25, -0.2) is 9.97 Å². The largest absolute Gasteiger partial charge is 0.378 e. The van der Waals surface area contributed by atoms with Crippen LogP contribution in [0, 0.1) is 0 Å². The summed E-state index contributed by atoms with van der Waals surface area (Å²) in [5.41, 5.74) is 5.22. The molecule has 7 heteroatoms. The number of H-pyrrole nitrogens is 1. The molecule has 2 aromatic carbocycles. The van der Waals surface area contributed by atoms with Gasteiger partial charge in [0.1, 0.15) is 5.82 Å². The lowest BCUT2D eigenvalue weighted by Crippen LogP contribution is -2.37. The maximum Gasteiger partial charge on any atom is 0.162 e. The minimum atomic E-state index is 0.704. The number of fused-ring (bicyclic) bond motifs is 2. The van der Waals surface area contributed by atoms with E-state index in [0.717, 1.165) is 63.4 Å². The minimum absolute atomic E-state index is 0.704. The van der Waals surface area contributed by atoms with E-state index in [4.69, 9.17) is 14.7 Å². The molecule has 1 N–H and O–H groups in total. The van der Waals surface area contributed by atoms with Crippen molar-refractivity contribution in [2.24, 2.45) is 7.05 Å². The van der Waals surface area contributed by atoms with Crippen molar-refractivity contribution in [1.29, 1.82) is 0 Å². The van der Waals surface area contributed by atoms with Gasteiger partial charge >= 0.3 is 0 Å². The first-order chi connectivity index (χ1) is 15.3. The van der Waals surface area contributed by atoms with E-state index < -0.39 is 0 Å². The third-order valence-electron chi connectivity index (χ3n) is 5.94. The summed E-state index contributed by atoms with van der Waals surface area (Å²) in [4.78, 5) is 15.7. The predicted molar refractivity (Wildman–Crippen MR) is 122 cm³/mol. The van der Waals surface area contributed by atoms with E-state index in [9.17, 15) is 0 Å². The molecular formula is C24H22N6O. The molecule has 0 aliphatic carbocycles. The number of ether oxygens (including phenoxy) is 1. The number of benzene rings is 2. The fourth-order valence-corrected chi connectivity index (χ4v) is 4.35. The Morgan fingerprint density at radius 3 is 2.71 bits per heavy atom. The lowest BCUT2D eigenvalue weighted by Gasteiger charge is -2.29. The van der Waals surface area contributed by atoms with E-state index in [0.29, 0.717) is 13.2 Å². The highest BCUT2D eigenvalue weighted by Crippen LogP contribution is 2.33. The number of hydrogen-bond acceptors (Lipinski definition) is 5. The fraction of sp³-hybridized carbons (Fsp3) is 0.208. The molecule has 5 aromatic rings. The van der Waals surface area contributed by atoms with Gasteiger partial charge in [-0.15, -0.1) is 0 Å². The van der Waals surface area contributed by atoms with Crippen molar-refractivity contribution in [2.75, 3.05) is 31.2 Å². The molecular weight excluding hydrogens is 388 g/mol. The maximum atomic E-state index is 5.59. The molecule has 1 fully saturated rings. The number of anilines is 1. The molecule has 7 nitrogen and oxygen atoms in total. The third-order valence-corrected chi connectivity index (χ3v) is 5.94. The Kier molecular flexibility index (Phi) is 4.21. The molecule has 1 aliphatic rings. The number of rotatable bonds is 3. The second-order valence-corrected chi connectivity index (χ2v) is 7.79. The first-order valence-electron chi connectivity index (χ1n) is 10.5. The van der Waals surface area contributed by atoms with Crippen LogP contribution in [-0.2, 0) is 11.8 Å². The monoisotopic (exact) mass is 410 g/mol. The van der Waals surface area contributed by atoms with Gasteiger partial charge < -0.3 is 14.6 Å². The van der Waals surface area contributed by atoms with Gasteiger partial charge in [0.05, 0.1) is 24.4 Å². The highest BCUT2D eigenvalue weighted by Gasteiger charge is 2.20. The Morgan fingerprint density at radius 2 is 1.87 bits per heavy atom. The lowest BCUT2D eigenvalue weighted by molar-refractivity contribution is 0.122. The van der Waals surface area contributed by atoms with Crippen LogP contribution in [0.4, 0.5) is 5.82 Å². The Bertz CT molecular complexity index is 1400. The van der Waals surface area contributed by atoms with Crippen molar-refractivity contribution < 1.29 is 4.74 Å². The van der Waals surface area contributed by atoms with Gasteiger partial charge in [-0.05, 0) is 30.3 Å². The van der Waals surface area contributed by atoms with E-state index in [1.54, 1.807) is 0 Å². The SMILES string of the molecule is Cn1nccc1-c1ccc2nc(-c3cccc4[nH]ccc34)nc(N3CCOCC3)c2c1. The molecule has 31 heavy (non-hydrogen) atoms. The van der Waals surface area contributed by atoms with Crippen LogP contribution >= 0.6 is 0 Å². The Labute approximate surface area is 179 Å². The molecule has 6 rings (SSSR count). The summed E-state index contributed by atoms with van der Waals surface area (Å²) in [5.74, 6) is 1.70. The molecule has 0 spiro atoms. The van der Waals surface area contributed by atoms with Gasteiger partial charge in [0.15, 0.2) is 5.82 Å². The van der Waals surface area contributed by atoms with Crippen molar-refractivity contribution in [2.45, 2.75) is 0 Å². The van der Waals surface area contributed by atoms with E-state index >= 15 is 0 Å². The summed E-state index contributed by atoms with van der Waals surface area (Å²) >= 11 is 0. The maximum absolute atomic E-state index is 5.59. The summed E-state index contributed by atoms with van der Waals surface area (Å²) in [6.07, 6.45) is 3.78. The number of hydrogen-bond donors (Lipinski definition) is 1. The standard InChI is InChI=1S/C24H22N6O/c1-29-22(8-10-26-29)16-5-6-21-19(15-16)24(30-11-13-31-14-12-30)28-23(27-21)18-3-2-4-20-17(18)7-9-25-20/h2-10,15,25H,11-14H2,1H3. The molecule has 0 unspecified atom stereocenters. The number of nitrogens with zero attached hydrogens (tertiary/aromatic N) is 5. The van der Waals surface area contributed by atoms with Crippen LogP contribution in [-0.4, -0.2) is 51.0 Å². The molecule has 0 atom stereocenters. The summed E-state index contributed by atoms with van der Waals surface area (Å²) in [6.45, 7) is 3.04. The molecule has 0 amide bonds. The van der Waals surface area contributed by atoms with Gasteiger partial charge in [-0.2, -0.15) is 5.10 Å². The summed E-state index contributed by atoms with van der Waals surface area (Å²) in [5, 5.41) is 6.49. The van der Waals surface area contributed by atoms with Crippen LogP contribution in [0.25, 0.3) is 44.5 Å². The van der Waals surface area contributed by atoms with Gasteiger partial charge in [-0.3, -0.25) is 4.68 Å². The van der Waals surface area contributed by atoms with E-state index in [1.807, 2.05) is 36.3 Å². The number of aromatic amines is 1. The number of morpholine rings is 1. The van der Waals surface area contributed by atoms with Crippen molar-refractivity contribution in [3.05, 3.63) is 60.9 Å². The van der Waals surface area contributed by atoms with Crippen molar-refractivity contribution >= 4 is 27.6 Å². The number of aryl methyl sites for hydroxylation is 1. The zero-order valence-electron chi connectivity index (χ0n) is 17.2. The molecule has 3 aromatic heterocycles. The zero-order valence-corrected chi connectivity index (χ0v) is 17.2. The quantitative estimate of drug-likeness (QED) is 0.487. The van der Waals surface area contributed by atoms with Gasteiger partial charge in [0, 0.05) is 59.9 Å². The predicted octanol–water partition coefficient (Wildman–Crippen LogP) is 4.02. The summed E-state index contributed by atoms with van der Waals surface area (Å²) in [7, 11) is 1.96. The first kappa shape index (κ1) is 18.1. The smallest absolute Gasteiger partial charge is 0.162 e. The Morgan fingerprint density at radius 1 is 0.968 bits per heavy atom. The topological polar surface area (TPSA) is 71.9 Å². The van der Waals surface area contributed by atoms with Crippen LogP contribution in [0.15, 0.2) is 60.9 Å². The summed E-state index contributed by atoms with van der Waals surface area (Å²) in [6, 6.07) is 16.7. The third kappa shape index (κ3) is 3.05. The van der Waals surface area contributed by atoms with Gasteiger partial charge in [0.2, 0.25) is 0 Å². The first-order valence-corrected chi connectivity index (χ1v) is 10.5. The van der Waals surface area contributed by atoms with E-state index in [2.05, 4.69) is 51.4 Å². The minimum Gasteiger partial charge on any atom is -0.378 e. The van der Waals surface area contributed by atoms with Crippen LogP contribution in [0.1, 0.15) is 0 Å². The van der Waals surface area contributed by atoms with Crippen LogP contribution in [0.2, 0.25) is 0 Å². The zero-order chi connectivity index (χ0) is 20.8. The molecule has 0 saturated carbocycles. The molecule has 1 aliphatic heterocycles. The lowest BCUT2D eigenvalue weighted by atomic mass is 10.1. The molecule has 1 saturated heterocycles. The number of aromatic nitrogens is 5. The van der Waals surface area contributed by atoms with Gasteiger partial charge in [0.25, 0.3) is 0 Å². The fourth-order valence-electron chi connectivity index (χ4n) is 4.35. The second-order valence-electron chi connectivity index (χ2n) is 7.79. The van der Waals surface area contributed by atoms with Crippen molar-refractivity contribution in [3.63, 3.8) is 0 Å². The molecule has 154 valence electrons. The molecule has 0 bridgehead atoms. The average Bonchev–Trinajstić information content (AvgIpc) is 3.47. The Balaban J connectivity index is 1.58. The second kappa shape index (κ2) is 7.21. The highest BCUT2D eigenvalue weighted by molar-refractivity contribution is 5.98. The van der Waals surface area contributed by atoms with Crippen LogP contribution < -0.4 is 4.90 Å². The van der Waals surface area contributed by atoms with E-state index in [1.165, 1.54) is 0 Å².